The molecule has 0 saturated heterocycles. The molecule has 0 aromatic carbocycles. The molecule has 7 nitrogen and oxygen atoms in total. The number of halogens is 3. The van der Waals surface area contributed by atoms with Crippen LogP contribution in [0.3, 0.4) is 0 Å². The molecule has 2 N–H and O–H groups in total. The summed E-state index contributed by atoms with van der Waals surface area (Å²) in [5.41, 5.74) is 0.698. The van der Waals surface area contributed by atoms with Gasteiger partial charge in [-0.25, -0.2) is 19.3 Å². The van der Waals surface area contributed by atoms with Crippen molar-refractivity contribution in [2.45, 2.75) is 39.3 Å². The third-order valence-corrected chi connectivity index (χ3v) is 3.97. The van der Waals surface area contributed by atoms with Gasteiger partial charge in [0.1, 0.15) is 17.8 Å². The number of carbonyl (C=O) groups excluding carboxylic acids is 1. The lowest BCUT2D eigenvalue weighted by molar-refractivity contribution is -0.114. The number of aryl methyl sites for hydroxylation is 1. The number of amides is 1. The summed E-state index contributed by atoms with van der Waals surface area (Å²) in [7, 11) is 0. The number of nitrogens with zero attached hydrogens (tertiary/aromatic N) is 3. The third-order valence-electron chi connectivity index (χ3n) is 3.97. The number of alkyl halides is 3. The topological polar surface area (TPSA) is 89.0 Å². The van der Waals surface area contributed by atoms with Gasteiger partial charge in [0.2, 0.25) is 11.7 Å². The minimum absolute atomic E-state index is 0.128. The summed E-state index contributed by atoms with van der Waals surface area (Å²) in [6, 6.07) is 2.98. The molecular weight excluding hydrogens is 375 g/mol. The maximum Gasteiger partial charge on any atom is 0.303 e. The Morgan fingerprint density at radius 3 is 2.64 bits per heavy atom. The second-order valence-corrected chi connectivity index (χ2v) is 6.80. The molecular formula is C18H20F3N5O2. The number of pyridine rings is 1. The Bertz CT molecular complexity index is 888. The van der Waals surface area contributed by atoms with Crippen molar-refractivity contribution in [1.29, 1.82) is 0 Å². The van der Waals surface area contributed by atoms with Crippen LogP contribution < -0.4 is 15.4 Å². The quantitative estimate of drug-likeness (QED) is 0.743. The van der Waals surface area contributed by atoms with Gasteiger partial charge in [0.05, 0.1) is 18.5 Å². The normalized spacial score (nSPS) is 18.5. The molecule has 28 heavy (non-hydrogen) atoms. The summed E-state index contributed by atoms with van der Waals surface area (Å²) in [6.45, 7) is 3.78. The molecule has 2 atom stereocenters. The Kier molecular flexibility index (Phi) is 5.39. The van der Waals surface area contributed by atoms with Crippen LogP contribution >= 0.6 is 0 Å². The van der Waals surface area contributed by atoms with Gasteiger partial charge in [0, 0.05) is 37.6 Å². The molecule has 150 valence electrons. The fraction of sp³-hybridized carbons (Fsp3) is 0.444. The van der Waals surface area contributed by atoms with E-state index in [1.54, 1.807) is 6.92 Å². The maximum absolute atomic E-state index is 13.6. The molecule has 0 radical (unpaired) electrons. The van der Waals surface area contributed by atoms with Crippen LogP contribution in [0.5, 0.6) is 5.75 Å². The van der Waals surface area contributed by atoms with Gasteiger partial charge >= 0.3 is 5.92 Å². The van der Waals surface area contributed by atoms with E-state index in [4.69, 9.17) is 4.74 Å². The van der Waals surface area contributed by atoms with Gasteiger partial charge in [-0.15, -0.1) is 0 Å². The van der Waals surface area contributed by atoms with Crippen LogP contribution in [0.2, 0.25) is 0 Å². The highest BCUT2D eigenvalue weighted by Gasteiger charge is 2.38. The molecule has 2 aromatic rings. The Morgan fingerprint density at radius 1 is 1.32 bits per heavy atom. The van der Waals surface area contributed by atoms with E-state index < -0.39 is 17.9 Å². The molecule has 1 aliphatic carbocycles. The smallest absolute Gasteiger partial charge is 0.303 e. The zero-order chi connectivity index (χ0) is 20.5. The fourth-order valence-corrected chi connectivity index (χ4v) is 2.45. The average Bonchev–Trinajstić information content (AvgIpc) is 3.27. The monoisotopic (exact) mass is 395 g/mol. The van der Waals surface area contributed by atoms with Gasteiger partial charge in [-0.1, -0.05) is 0 Å². The van der Waals surface area contributed by atoms with Crippen LogP contribution in [0, 0.1) is 12.8 Å². The lowest BCUT2D eigenvalue weighted by atomic mass is 10.3. The van der Waals surface area contributed by atoms with Gasteiger partial charge in [0.25, 0.3) is 0 Å². The molecule has 1 fully saturated rings. The molecule has 10 heteroatoms. The highest BCUT2D eigenvalue weighted by atomic mass is 19.3. The first kappa shape index (κ1) is 19.8. The van der Waals surface area contributed by atoms with Crippen LogP contribution in [0.25, 0.3) is 0 Å². The molecule has 1 aliphatic rings. The number of hydrogen-bond acceptors (Lipinski definition) is 6. The zero-order valence-electron chi connectivity index (χ0n) is 15.6. The number of nitrogens with one attached hydrogen (secondary N) is 2. The minimum atomic E-state index is -3.20. The van der Waals surface area contributed by atoms with Crippen LogP contribution in [0.1, 0.15) is 31.8 Å². The van der Waals surface area contributed by atoms with Crippen LogP contribution in [-0.4, -0.2) is 33.6 Å². The number of carbonyl (C=O) groups is 1. The van der Waals surface area contributed by atoms with Gasteiger partial charge in [-0.05, 0) is 13.3 Å². The standard InChI is InChI=1S/C18H20F3N5O2/c1-9-4-16(26-17(23-9)18(3,20)21)25-13-6-15(24-10(2)27)22-7-14(13)28-8-11-5-12(11)19/h4,6-7,11-12H,5,8H2,1-3H3,(H2,22,23,24,25,26,27)/t11-,12-/m0/s1. The van der Waals surface area contributed by atoms with Crippen molar-refractivity contribution in [2.75, 3.05) is 17.2 Å². The Hall–Kier alpha value is -2.91. The second kappa shape index (κ2) is 7.61. The lowest BCUT2D eigenvalue weighted by Gasteiger charge is -2.16. The molecule has 1 amide bonds. The highest BCUT2D eigenvalue weighted by molar-refractivity contribution is 5.88. The van der Waals surface area contributed by atoms with E-state index in [-0.39, 0.29) is 35.8 Å². The maximum atomic E-state index is 13.6. The second-order valence-electron chi connectivity index (χ2n) is 6.80. The summed E-state index contributed by atoms with van der Waals surface area (Å²) in [6.07, 6.45) is 0.939. The van der Waals surface area contributed by atoms with Crippen molar-refractivity contribution < 1.29 is 22.7 Å². The largest absolute Gasteiger partial charge is 0.489 e. The first-order chi connectivity index (χ1) is 13.1. The van der Waals surface area contributed by atoms with Crippen LogP contribution in [0.4, 0.5) is 30.5 Å². The lowest BCUT2D eigenvalue weighted by Crippen LogP contribution is -2.15. The third kappa shape index (κ3) is 5.08. The van der Waals surface area contributed by atoms with Gasteiger partial charge in [0.15, 0.2) is 5.75 Å². The molecule has 0 spiro atoms. The Balaban J connectivity index is 1.89. The molecule has 3 rings (SSSR count). The van der Waals surface area contributed by atoms with E-state index in [0.29, 0.717) is 24.7 Å². The van der Waals surface area contributed by atoms with Gasteiger partial charge in [-0.3, -0.25) is 4.79 Å². The van der Waals surface area contributed by atoms with Crippen LogP contribution in [-0.2, 0) is 10.7 Å². The average molecular weight is 395 g/mol. The number of hydrogen-bond donors (Lipinski definition) is 2. The van der Waals surface area contributed by atoms with Crippen molar-refractivity contribution in [1.82, 2.24) is 15.0 Å². The number of rotatable bonds is 7. The summed E-state index contributed by atoms with van der Waals surface area (Å²) in [4.78, 5) is 23.0. The predicted octanol–water partition coefficient (Wildman–Crippen LogP) is 3.73. The van der Waals surface area contributed by atoms with Gasteiger partial charge in [-0.2, -0.15) is 8.78 Å². The summed E-state index contributed by atoms with van der Waals surface area (Å²) in [5, 5.41) is 5.43. The van der Waals surface area contributed by atoms with E-state index in [2.05, 4.69) is 25.6 Å². The zero-order valence-corrected chi connectivity index (χ0v) is 15.6. The molecule has 0 aliphatic heterocycles. The first-order valence-electron chi connectivity index (χ1n) is 8.67. The van der Waals surface area contributed by atoms with Crippen molar-refractivity contribution >= 4 is 23.2 Å². The van der Waals surface area contributed by atoms with Gasteiger partial charge < -0.3 is 15.4 Å². The summed E-state index contributed by atoms with van der Waals surface area (Å²) >= 11 is 0. The fourth-order valence-electron chi connectivity index (χ4n) is 2.45. The molecule has 0 bridgehead atoms. The first-order valence-corrected chi connectivity index (χ1v) is 8.67. The molecule has 2 heterocycles. The Morgan fingerprint density at radius 2 is 2.04 bits per heavy atom. The van der Waals surface area contributed by atoms with Crippen molar-refractivity contribution in [3.63, 3.8) is 0 Å². The molecule has 0 unspecified atom stereocenters. The number of ether oxygens (including phenoxy) is 1. The number of anilines is 3. The highest BCUT2D eigenvalue weighted by Crippen LogP contribution is 2.36. The van der Waals surface area contributed by atoms with Crippen molar-refractivity contribution in [2.24, 2.45) is 5.92 Å². The Labute approximate surface area is 159 Å². The van der Waals surface area contributed by atoms with E-state index >= 15 is 0 Å². The van der Waals surface area contributed by atoms with E-state index in [1.165, 1.54) is 25.3 Å². The SMILES string of the molecule is CC(=O)Nc1cc(Nc2cc(C)nc(C(C)(F)F)n2)c(OC[C@@H]2C[C@@H]2F)cn1. The minimum Gasteiger partial charge on any atom is -0.489 e. The predicted molar refractivity (Wildman–Crippen MR) is 96.7 cm³/mol. The molecule has 1 saturated carbocycles. The van der Waals surface area contributed by atoms with Crippen LogP contribution in [0.15, 0.2) is 18.3 Å². The van der Waals surface area contributed by atoms with E-state index in [0.717, 1.165) is 0 Å². The van der Waals surface area contributed by atoms with E-state index in [1.807, 2.05) is 0 Å². The summed E-state index contributed by atoms with van der Waals surface area (Å²) < 4.78 is 46.0. The number of aromatic nitrogens is 3. The van der Waals surface area contributed by atoms with Crippen molar-refractivity contribution in [3.05, 3.63) is 29.8 Å². The summed E-state index contributed by atoms with van der Waals surface area (Å²) in [5.74, 6) is -3.66. The van der Waals surface area contributed by atoms with Crippen molar-refractivity contribution in [3.8, 4) is 5.75 Å². The van der Waals surface area contributed by atoms with E-state index in [9.17, 15) is 18.0 Å². The molecule has 2 aromatic heterocycles.